The van der Waals surface area contributed by atoms with Crippen LogP contribution in [0.3, 0.4) is 0 Å². The van der Waals surface area contributed by atoms with E-state index in [-0.39, 0.29) is 11.1 Å². The van der Waals surface area contributed by atoms with Crippen LogP contribution in [0.25, 0.3) is 5.57 Å². The van der Waals surface area contributed by atoms with Crippen LogP contribution in [0.5, 0.6) is 0 Å². The minimum atomic E-state index is -0.197. The number of nitriles is 1. The highest BCUT2D eigenvalue weighted by Gasteiger charge is 2.25. The molecule has 0 saturated heterocycles. The lowest BCUT2D eigenvalue weighted by atomic mass is 9.84. The molecule has 182 valence electrons. The molecule has 0 unspecified atom stereocenters. The molecule has 2 aromatic carbocycles. The summed E-state index contributed by atoms with van der Waals surface area (Å²) in [6.45, 7) is 8.95. The zero-order valence-electron chi connectivity index (χ0n) is 21.1. The van der Waals surface area contributed by atoms with Crippen LogP contribution in [0.4, 0.5) is 5.69 Å². The first-order chi connectivity index (χ1) is 16.8. The molecule has 0 bridgehead atoms. The quantitative estimate of drug-likeness (QED) is 0.444. The molecule has 0 atom stereocenters. The van der Waals surface area contributed by atoms with E-state index in [9.17, 15) is 10.1 Å². The predicted molar refractivity (Wildman–Crippen MR) is 143 cm³/mol. The number of nitrogens with one attached hydrogen (secondary N) is 1. The lowest BCUT2D eigenvalue weighted by Gasteiger charge is -2.32. The monoisotopic (exact) mass is 469 g/mol. The van der Waals surface area contributed by atoms with Gasteiger partial charge in [-0.05, 0) is 72.9 Å². The Hall–Kier alpha value is -3.62. The standard InChI is InChI=1S/C18H19N3O.C12H16O/c1-4-5-14(16-9-21-10-17(20)18(16)22)15-7-13(8-19)11(2)6-12(15)3;1-10-7-12(8-10)13-9-11-5-3-2-4-6-11/h5-7,9-10H,4,20H2,1-3H3,(H,21,22);2-6,10,12H,7-9H2,1H3/b14-5+;. The number of H-pyrrole nitrogens is 1. The van der Waals surface area contributed by atoms with Crippen molar-refractivity contribution in [3.05, 3.63) is 105 Å². The summed E-state index contributed by atoms with van der Waals surface area (Å²) in [5.74, 6) is 0.876. The molecule has 1 aliphatic carbocycles. The van der Waals surface area contributed by atoms with E-state index in [1.54, 1.807) is 6.20 Å². The zero-order valence-corrected chi connectivity index (χ0v) is 21.1. The normalized spacial score (nSPS) is 17.1. The lowest BCUT2D eigenvalue weighted by molar-refractivity contribution is -0.0352. The second-order valence-corrected chi connectivity index (χ2v) is 9.27. The van der Waals surface area contributed by atoms with Crippen LogP contribution in [-0.2, 0) is 11.3 Å². The fourth-order valence-corrected chi connectivity index (χ4v) is 4.29. The van der Waals surface area contributed by atoms with Crippen molar-refractivity contribution >= 4 is 11.3 Å². The average molecular weight is 470 g/mol. The summed E-state index contributed by atoms with van der Waals surface area (Å²) in [5, 5.41) is 9.26. The van der Waals surface area contributed by atoms with Crippen LogP contribution in [0.1, 0.15) is 66.5 Å². The van der Waals surface area contributed by atoms with Crippen molar-refractivity contribution in [2.75, 3.05) is 5.73 Å². The van der Waals surface area contributed by atoms with Gasteiger partial charge in [-0.3, -0.25) is 4.79 Å². The fourth-order valence-electron chi connectivity index (χ4n) is 4.29. The van der Waals surface area contributed by atoms with E-state index in [4.69, 9.17) is 10.5 Å². The number of hydrogen-bond donors (Lipinski definition) is 2. The molecule has 35 heavy (non-hydrogen) atoms. The van der Waals surface area contributed by atoms with Crippen molar-refractivity contribution in [1.29, 1.82) is 5.26 Å². The molecule has 1 heterocycles. The number of rotatable bonds is 6. The number of hydrogen-bond acceptors (Lipinski definition) is 4. The Balaban J connectivity index is 0.000000223. The molecule has 5 heteroatoms. The first-order valence-corrected chi connectivity index (χ1v) is 12.2. The summed E-state index contributed by atoms with van der Waals surface area (Å²) < 4.78 is 5.73. The largest absolute Gasteiger partial charge is 0.394 e. The fraction of sp³-hybridized carbons (Fsp3) is 0.333. The molecule has 1 fully saturated rings. The molecular formula is C30H35N3O2. The van der Waals surface area contributed by atoms with E-state index in [1.807, 2.05) is 45.0 Å². The molecule has 1 aliphatic rings. The Kier molecular flexibility index (Phi) is 9.05. The van der Waals surface area contributed by atoms with Crippen LogP contribution < -0.4 is 11.2 Å². The number of nitrogens with two attached hydrogens (primary N) is 1. The van der Waals surface area contributed by atoms with E-state index in [1.165, 1.54) is 24.6 Å². The summed E-state index contributed by atoms with van der Waals surface area (Å²) in [7, 11) is 0. The van der Waals surface area contributed by atoms with Gasteiger partial charge in [0, 0.05) is 18.0 Å². The maximum Gasteiger partial charge on any atom is 0.212 e. The second kappa shape index (κ2) is 12.2. The van der Waals surface area contributed by atoms with Gasteiger partial charge in [-0.25, -0.2) is 0 Å². The van der Waals surface area contributed by atoms with Gasteiger partial charge in [-0.1, -0.05) is 56.3 Å². The first kappa shape index (κ1) is 26.0. The van der Waals surface area contributed by atoms with E-state index < -0.39 is 0 Å². The Morgan fingerprint density at radius 2 is 1.86 bits per heavy atom. The van der Waals surface area contributed by atoms with Crippen molar-refractivity contribution < 1.29 is 4.74 Å². The van der Waals surface area contributed by atoms with E-state index >= 15 is 0 Å². The van der Waals surface area contributed by atoms with Crippen molar-refractivity contribution in [3.63, 3.8) is 0 Å². The van der Waals surface area contributed by atoms with Crippen molar-refractivity contribution in [2.24, 2.45) is 5.92 Å². The summed E-state index contributed by atoms with van der Waals surface area (Å²) in [6.07, 6.45) is 8.92. The van der Waals surface area contributed by atoms with Crippen LogP contribution in [0, 0.1) is 31.1 Å². The molecule has 1 aromatic heterocycles. The second-order valence-electron chi connectivity index (χ2n) is 9.27. The molecule has 4 rings (SSSR count). The highest BCUT2D eigenvalue weighted by molar-refractivity contribution is 5.82. The summed E-state index contributed by atoms with van der Waals surface area (Å²) in [4.78, 5) is 15.2. The molecule has 0 radical (unpaired) electrons. The number of aryl methyl sites for hydroxylation is 2. The van der Waals surface area contributed by atoms with Gasteiger partial charge < -0.3 is 15.5 Å². The number of aromatic amines is 1. The molecule has 1 saturated carbocycles. The third-order valence-electron chi connectivity index (χ3n) is 6.31. The maximum absolute atomic E-state index is 12.3. The molecule has 3 aromatic rings. The number of benzene rings is 2. The van der Waals surface area contributed by atoms with Crippen LogP contribution in [0.15, 0.2) is 65.7 Å². The summed E-state index contributed by atoms with van der Waals surface area (Å²) in [6, 6.07) is 16.4. The number of ether oxygens (including phenoxy) is 1. The van der Waals surface area contributed by atoms with Gasteiger partial charge in [-0.15, -0.1) is 0 Å². The Labute approximate surface area is 208 Å². The molecule has 5 nitrogen and oxygen atoms in total. The summed E-state index contributed by atoms with van der Waals surface area (Å²) >= 11 is 0. The smallest absolute Gasteiger partial charge is 0.212 e. The van der Waals surface area contributed by atoms with E-state index in [0.29, 0.717) is 17.2 Å². The number of allylic oxidation sites excluding steroid dienone is 1. The van der Waals surface area contributed by atoms with Gasteiger partial charge in [0.2, 0.25) is 5.43 Å². The van der Waals surface area contributed by atoms with Gasteiger partial charge in [0.05, 0.1) is 30.0 Å². The van der Waals surface area contributed by atoms with Crippen LogP contribution >= 0.6 is 0 Å². The minimum absolute atomic E-state index is 0.185. The van der Waals surface area contributed by atoms with E-state index in [0.717, 1.165) is 41.2 Å². The highest BCUT2D eigenvalue weighted by Crippen LogP contribution is 2.30. The first-order valence-electron chi connectivity index (χ1n) is 12.2. The average Bonchev–Trinajstić information content (AvgIpc) is 2.83. The minimum Gasteiger partial charge on any atom is -0.394 e. The SMILES string of the molecule is CC/C=C(\c1cc(C#N)c(C)cc1C)c1c[nH]cc(N)c1=O.CC1CC(OCc2ccccc2)C1. The lowest BCUT2D eigenvalue weighted by Crippen LogP contribution is -2.29. The number of anilines is 1. The molecular weight excluding hydrogens is 434 g/mol. The zero-order chi connectivity index (χ0) is 25.4. The number of aromatic nitrogens is 1. The van der Waals surface area contributed by atoms with Gasteiger partial charge in [-0.2, -0.15) is 5.26 Å². The Morgan fingerprint density at radius 3 is 2.49 bits per heavy atom. The van der Waals surface area contributed by atoms with Gasteiger partial charge in [0.15, 0.2) is 0 Å². The topological polar surface area (TPSA) is 91.9 Å². The Morgan fingerprint density at radius 1 is 1.14 bits per heavy atom. The predicted octanol–water partition coefficient (Wildman–Crippen LogP) is 6.29. The number of pyridine rings is 1. The highest BCUT2D eigenvalue weighted by atomic mass is 16.5. The molecule has 0 amide bonds. The maximum atomic E-state index is 12.3. The molecule has 0 aliphatic heterocycles. The summed E-state index contributed by atoms with van der Waals surface area (Å²) in [5.41, 5.74) is 11.8. The van der Waals surface area contributed by atoms with Crippen LogP contribution in [0.2, 0.25) is 0 Å². The third kappa shape index (κ3) is 6.71. The van der Waals surface area contributed by atoms with Crippen molar-refractivity contribution in [3.8, 4) is 6.07 Å². The molecule has 3 N–H and O–H groups in total. The number of nitrogen functional groups attached to an aromatic ring is 1. The van der Waals surface area contributed by atoms with Crippen LogP contribution in [-0.4, -0.2) is 11.1 Å². The van der Waals surface area contributed by atoms with Crippen molar-refractivity contribution in [2.45, 2.75) is 59.7 Å². The van der Waals surface area contributed by atoms with Gasteiger partial charge >= 0.3 is 0 Å². The van der Waals surface area contributed by atoms with Gasteiger partial charge in [0.1, 0.15) is 0 Å². The Bertz CT molecular complexity index is 1260. The van der Waals surface area contributed by atoms with E-state index in [2.05, 4.69) is 42.2 Å². The third-order valence-corrected chi connectivity index (χ3v) is 6.31. The molecule has 0 spiro atoms. The number of nitrogens with zero attached hydrogens (tertiary/aromatic N) is 1. The van der Waals surface area contributed by atoms with Gasteiger partial charge in [0.25, 0.3) is 0 Å². The van der Waals surface area contributed by atoms with Crippen molar-refractivity contribution in [1.82, 2.24) is 4.98 Å².